The van der Waals surface area contributed by atoms with Crippen LogP contribution >= 0.6 is 27.5 Å². The number of sulfonamides is 1. The van der Waals surface area contributed by atoms with Gasteiger partial charge in [-0.25, -0.2) is 18.4 Å². The zero-order valence-corrected chi connectivity index (χ0v) is 12.9. The predicted molar refractivity (Wildman–Crippen MR) is 76.7 cm³/mol. The molecule has 1 N–H and O–H groups in total. The van der Waals surface area contributed by atoms with Crippen LogP contribution in [0.5, 0.6) is 0 Å². The van der Waals surface area contributed by atoms with Crippen LogP contribution in [0.2, 0.25) is 5.02 Å². The number of hydrogen-bond acceptors (Lipinski definition) is 5. The summed E-state index contributed by atoms with van der Waals surface area (Å²) in [4.78, 5) is 7.58. The Hall–Kier alpha value is -1.69. The van der Waals surface area contributed by atoms with Crippen LogP contribution in [-0.2, 0) is 10.0 Å². The number of nitrogens with one attached hydrogen (secondary N) is 1. The molecule has 20 heavy (non-hydrogen) atoms. The van der Waals surface area contributed by atoms with E-state index in [0.717, 1.165) is 0 Å². The number of nitrogens with zero attached hydrogens (tertiary/aromatic N) is 3. The third-order valence-electron chi connectivity index (χ3n) is 2.21. The quantitative estimate of drug-likeness (QED) is 0.892. The molecule has 0 saturated carbocycles. The van der Waals surface area contributed by atoms with E-state index >= 15 is 0 Å². The van der Waals surface area contributed by atoms with Gasteiger partial charge in [0.05, 0.1) is 29.0 Å². The molecular formula is C11H6BrClN4O2S. The molecule has 2 rings (SSSR count). The van der Waals surface area contributed by atoms with Crippen molar-refractivity contribution in [3.63, 3.8) is 0 Å². The van der Waals surface area contributed by atoms with Crippen molar-refractivity contribution in [2.75, 3.05) is 4.72 Å². The Kier molecular flexibility index (Phi) is 4.23. The molecule has 1 aromatic carbocycles. The Morgan fingerprint density at radius 2 is 2.05 bits per heavy atom. The van der Waals surface area contributed by atoms with Gasteiger partial charge in [0.2, 0.25) is 0 Å². The molecule has 9 heteroatoms. The predicted octanol–water partition coefficient (Wildman–Crippen LogP) is 2.56. The van der Waals surface area contributed by atoms with Crippen LogP contribution in [0.1, 0.15) is 5.56 Å². The monoisotopic (exact) mass is 372 g/mol. The van der Waals surface area contributed by atoms with Crippen molar-refractivity contribution in [1.29, 1.82) is 5.26 Å². The summed E-state index contributed by atoms with van der Waals surface area (Å²) in [5.74, 6) is 0.0635. The molecule has 1 heterocycles. The van der Waals surface area contributed by atoms with Gasteiger partial charge in [-0.15, -0.1) is 0 Å². The van der Waals surface area contributed by atoms with E-state index in [1.807, 2.05) is 6.07 Å². The van der Waals surface area contributed by atoms with E-state index < -0.39 is 10.0 Å². The third kappa shape index (κ3) is 3.25. The summed E-state index contributed by atoms with van der Waals surface area (Å²) >= 11 is 8.97. The van der Waals surface area contributed by atoms with Crippen LogP contribution < -0.4 is 4.72 Å². The molecule has 0 saturated heterocycles. The van der Waals surface area contributed by atoms with Gasteiger partial charge in [-0.1, -0.05) is 11.6 Å². The van der Waals surface area contributed by atoms with Crippen molar-refractivity contribution in [3.05, 3.63) is 45.8 Å². The van der Waals surface area contributed by atoms with E-state index in [9.17, 15) is 8.42 Å². The largest absolute Gasteiger partial charge is 0.264 e. The fraction of sp³-hybridized carbons (Fsp3) is 0. The topological polar surface area (TPSA) is 95.7 Å². The smallest absolute Gasteiger partial charge is 0.262 e. The van der Waals surface area contributed by atoms with E-state index in [1.54, 1.807) is 0 Å². The van der Waals surface area contributed by atoms with Crippen LogP contribution in [0.25, 0.3) is 0 Å². The lowest BCUT2D eigenvalue weighted by molar-refractivity contribution is 0.601. The Bertz CT molecular complexity index is 787. The highest BCUT2D eigenvalue weighted by molar-refractivity contribution is 9.10. The molecular weight excluding hydrogens is 368 g/mol. The molecule has 0 atom stereocenters. The first-order valence-electron chi connectivity index (χ1n) is 5.12. The first kappa shape index (κ1) is 14.7. The molecule has 0 aliphatic rings. The first-order valence-corrected chi connectivity index (χ1v) is 7.78. The minimum atomic E-state index is -3.89. The Balaban J connectivity index is 2.36. The molecule has 2 aromatic rings. The van der Waals surface area contributed by atoms with Gasteiger partial charge >= 0.3 is 0 Å². The van der Waals surface area contributed by atoms with E-state index in [1.165, 1.54) is 30.6 Å². The molecule has 0 aliphatic heterocycles. The molecule has 1 aromatic heterocycles. The number of anilines is 1. The maximum atomic E-state index is 12.1. The minimum absolute atomic E-state index is 0.0402. The van der Waals surface area contributed by atoms with E-state index in [2.05, 4.69) is 30.6 Å². The lowest BCUT2D eigenvalue weighted by Gasteiger charge is -2.08. The molecule has 0 amide bonds. The second kappa shape index (κ2) is 5.75. The van der Waals surface area contributed by atoms with Crippen molar-refractivity contribution in [1.82, 2.24) is 9.97 Å². The summed E-state index contributed by atoms with van der Waals surface area (Å²) in [6.45, 7) is 0. The highest BCUT2D eigenvalue weighted by Gasteiger charge is 2.19. The van der Waals surface area contributed by atoms with Crippen LogP contribution in [0.3, 0.4) is 0 Å². The van der Waals surface area contributed by atoms with Crippen molar-refractivity contribution >= 4 is 43.4 Å². The number of nitriles is 1. The van der Waals surface area contributed by atoms with Crippen molar-refractivity contribution in [2.24, 2.45) is 0 Å². The molecule has 0 aliphatic carbocycles. The fourth-order valence-corrected chi connectivity index (χ4v) is 3.09. The summed E-state index contributed by atoms with van der Waals surface area (Å²) < 4.78 is 27.0. The average Bonchev–Trinajstić information content (AvgIpc) is 2.40. The van der Waals surface area contributed by atoms with Gasteiger partial charge < -0.3 is 0 Å². The number of halogens is 2. The summed E-state index contributed by atoms with van der Waals surface area (Å²) in [6.07, 6.45) is 2.62. The van der Waals surface area contributed by atoms with Gasteiger partial charge in [0.25, 0.3) is 10.0 Å². The fourth-order valence-electron chi connectivity index (χ4n) is 1.35. The summed E-state index contributed by atoms with van der Waals surface area (Å²) in [6, 6.07) is 5.78. The van der Waals surface area contributed by atoms with Gasteiger partial charge in [0.1, 0.15) is 9.50 Å². The molecule has 0 spiro atoms. The Morgan fingerprint density at radius 3 is 2.60 bits per heavy atom. The number of rotatable bonds is 3. The Labute approximate surface area is 128 Å². The lowest BCUT2D eigenvalue weighted by atomic mass is 10.2. The molecule has 0 fully saturated rings. The van der Waals surface area contributed by atoms with Crippen molar-refractivity contribution < 1.29 is 8.42 Å². The highest BCUT2D eigenvalue weighted by atomic mass is 79.9. The van der Waals surface area contributed by atoms with Crippen LogP contribution in [-0.4, -0.2) is 18.4 Å². The van der Waals surface area contributed by atoms with Crippen molar-refractivity contribution in [3.8, 4) is 6.07 Å². The van der Waals surface area contributed by atoms with Gasteiger partial charge in [-0.3, -0.25) is 4.72 Å². The van der Waals surface area contributed by atoms with Crippen LogP contribution in [0.15, 0.2) is 40.1 Å². The van der Waals surface area contributed by atoms with Crippen LogP contribution in [0.4, 0.5) is 5.82 Å². The zero-order valence-electron chi connectivity index (χ0n) is 9.71. The first-order chi connectivity index (χ1) is 9.42. The number of aromatic nitrogens is 2. The SMILES string of the molecule is N#Cc1ccc(S(=O)(=O)Nc2cnc(Br)cn2)c(Cl)c1. The van der Waals surface area contributed by atoms with Gasteiger partial charge in [-0.2, -0.15) is 5.26 Å². The molecule has 0 bridgehead atoms. The van der Waals surface area contributed by atoms with Gasteiger partial charge in [-0.05, 0) is 34.1 Å². The van der Waals surface area contributed by atoms with E-state index in [0.29, 0.717) is 4.60 Å². The summed E-state index contributed by atoms with van der Waals surface area (Å²) in [7, 11) is -3.89. The maximum absolute atomic E-state index is 12.1. The Morgan fingerprint density at radius 1 is 1.30 bits per heavy atom. The average molecular weight is 374 g/mol. The van der Waals surface area contributed by atoms with E-state index in [4.69, 9.17) is 16.9 Å². The third-order valence-corrected chi connectivity index (χ3v) is 4.46. The van der Waals surface area contributed by atoms with Gasteiger partial charge in [0.15, 0.2) is 5.82 Å². The number of benzene rings is 1. The molecule has 6 nitrogen and oxygen atoms in total. The minimum Gasteiger partial charge on any atom is -0.262 e. The normalized spacial score (nSPS) is 10.8. The molecule has 0 radical (unpaired) electrons. The zero-order chi connectivity index (χ0) is 14.8. The standard InChI is InChI=1S/C11H6BrClN4O2S/c12-10-5-16-11(6-15-10)17-20(18,19)9-2-1-7(4-14)3-8(9)13/h1-3,5-6H,(H,16,17). The second-order valence-electron chi connectivity index (χ2n) is 3.59. The highest BCUT2D eigenvalue weighted by Crippen LogP contribution is 2.24. The maximum Gasteiger partial charge on any atom is 0.264 e. The summed E-state index contributed by atoms with van der Waals surface area (Å²) in [5.41, 5.74) is 0.275. The lowest BCUT2D eigenvalue weighted by Crippen LogP contribution is -2.14. The van der Waals surface area contributed by atoms with E-state index in [-0.39, 0.29) is 21.3 Å². The van der Waals surface area contributed by atoms with Crippen LogP contribution in [0, 0.1) is 11.3 Å². The molecule has 102 valence electrons. The van der Waals surface area contributed by atoms with Crippen molar-refractivity contribution in [2.45, 2.75) is 4.90 Å². The summed E-state index contributed by atoms with van der Waals surface area (Å²) in [5, 5.41) is 8.68. The molecule has 0 unspecified atom stereocenters. The second-order valence-corrected chi connectivity index (χ2v) is 6.46. The number of hydrogen-bond donors (Lipinski definition) is 1. The van der Waals surface area contributed by atoms with Gasteiger partial charge in [0, 0.05) is 0 Å².